The van der Waals surface area contributed by atoms with Crippen molar-refractivity contribution in [3.8, 4) is 11.4 Å². The van der Waals surface area contributed by atoms with Gasteiger partial charge in [0, 0.05) is 33.2 Å². The smallest absolute Gasteiger partial charge is 0.373 e. The van der Waals surface area contributed by atoms with Crippen molar-refractivity contribution in [2.75, 3.05) is 21.2 Å². The molecule has 1 aromatic carbocycles. The Morgan fingerprint density at radius 3 is 2.31 bits per heavy atom. The summed E-state index contributed by atoms with van der Waals surface area (Å²) >= 11 is 0. The second kappa shape index (κ2) is 7.65. The zero-order valence-corrected chi connectivity index (χ0v) is 14.2. The molecule has 10 heteroatoms. The Hall–Kier alpha value is -2.75. The first kappa shape index (κ1) is 19.6. The minimum absolute atomic E-state index is 0.134. The number of aromatic nitrogens is 2. The van der Waals surface area contributed by atoms with E-state index in [-0.39, 0.29) is 12.2 Å². The van der Waals surface area contributed by atoms with Crippen molar-refractivity contribution < 1.29 is 32.0 Å². The lowest BCUT2D eigenvalue weighted by Gasteiger charge is -2.16. The molecule has 1 atom stereocenters. The lowest BCUT2D eigenvalue weighted by Crippen LogP contribution is -2.39. The topological polar surface area (TPSA) is 85.5 Å². The van der Waals surface area contributed by atoms with Gasteiger partial charge in [0.05, 0.1) is 0 Å². The van der Waals surface area contributed by atoms with Crippen LogP contribution in [0.25, 0.3) is 11.4 Å². The van der Waals surface area contributed by atoms with Gasteiger partial charge in [0.2, 0.25) is 11.6 Å². The van der Waals surface area contributed by atoms with Gasteiger partial charge in [-0.05, 0) is 5.56 Å². The van der Waals surface area contributed by atoms with Crippen molar-refractivity contribution in [2.24, 2.45) is 0 Å². The number of likely N-dealkylation sites (N-methyl/N-ethyl adjacent to an activating group) is 1. The van der Waals surface area contributed by atoms with Gasteiger partial charge in [-0.15, -0.1) is 0 Å². The molecule has 1 aromatic heterocycles. The van der Waals surface area contributed by atoms with Gasteiger partial charge in [-0.1, -0.05) is 29.4 Å². The van der Waals surface area contributed by atoms with E-state index in [4.69, 9.17) is 4.74 Å². The van der Waals surface area contributed by atoms with Crippen LogP contribution < -0.4 is 0 Å². The summed E-state index contributed by atoms with van der Waals surface area (Å²) in [5.74, 6) is -3.00. The molecule has 1 heterocycles. The molecule has 2 rings (SSSR count). The van der Waals surface area contributed by atoms with Crippen molar-refractivity contribution in [1.29, 1.82) is 0 Å². The van der Waals surface area contributed by atoms with Crippen LogP contribution in [0.3, 0.4) is 0 Å². The Bertz CT molecular complexity index is 785. The number of amides is 1. The largest absolute Gasteiger partial charge is 0.471 e. The second-order valence-corrected chi connectivity index (χ2v) is 5.61. The molecule has 0 spiro atoms. The SMILES string of the molecule is COC(Cc1ccc(-c2noc(C(F)(F)F)n2)cc1)C(=O)C(=O)N(C)C. The van der Waals surface area contributed by atoms with Crippen LogP contribution in [0.5, 0.6) is 0 Å². The number of ether oxygens (including phenoxy) is 1. The molecule has 0 radical (unpaired) electrons. The first-order valence-corrected chi connectivity index (χ1v) is 7.42. The first-order valence-electron chi connectivity index (χ1n) is 7.42. The van der Waals surface area contributed by atoms with Gasteiger partial charge in [0.25, 0.3) is 5.91 Å². The van der Waals surface area contributed by atoms with E-state index in [2.05, 4.69) is 14.7 Å². The second-order valence-electron chi connectivity index (χ2n) is 5.61. The number of alkyl halides is 3. The molecule has 0 aliphatic rings. The summed E-state index contributed by atoms with van der Waals surface area (Å²) in [5, 5.41) is 3.30. The van der Waals surface area contributed by atoms with E-state index in [1.165, 1.54) is 33.3 Å². The zero-order chi connectivity index (χ0) is 19.5. The summed E-state index contributed by atoms with van der Waals surface area (Å²) in [6, 6.07) is 6.15. The Balaban J connectivity index is 2.12. The number of hydrogen-bond donors (Lipinski definition) is 0. The van der Waals surface area contributed by atoms with Gasteiger partial charge in [0.15, 0.2) is 0 Å². The molecular weight excluding hydrogens is 355 g/mol. The summed E-state index contributed by atoms with van der Waals surface area (Å²) in [4.78, 5) is 28.2. The minimum Gasteiger partial charge on any atom is -0.373 e. The highest BCUT2D eigenvalue weighted by Gasteiger charge is 2.38. The number of nitrogens with zero attached hydrogens (tertiary/aromatic N) is 3. The summed E-state index contributed by atoms with van der Waals surface area (Å²) in [6.45, 7) is 0. The maximum atomic E-state index is 12.5. The van der Waals surface area contributed by atoms with Gasteiger partial charge < -0.3 is 14.2 Å². The third-order valence-electron chi connectivity index (χ3n) is 3.50. The monoisotopic (exact) mass is 371 g/mol. The number of Topliss-reactive ketones (excluding diaryl/α,β-unsaturated/α-hetero) is 1. The Kier molecular flexibility index (Phi) is 5.76. The average molecular weight is 371 g/mol. The highest BCUT2D eigenvalue weighted by atomic mass is 19.4. The summed E-state index contributed by atoms with van der Waals surface area (Å²) in [7, 11) is 4.24. The van der Waals surface area contributed by atoms with E-state index in [1.807, 2.05) is 0 Å². The number of carbonyl (C=O) groups is 2. The predicted molar refractivity (Wildman–Crippen MR) is 82.9 cm³/mol. The highest BCUT2D eigenvalue weighted by Crippen LogP contribution is 2.29. The van der Waals surface area contributed by atoms with E-state index in [1.54, 1.807) is 12.1 Å². The fraction of sp³-hybridized carbons (Fsp3) is 0.375. The highest BCUT2D eigenvalue weighted by molar-refractivity contribution is 6.37. The van der Waals surface area contributed by atoms with E-state index in [0.717, 1.165) is 4.90 Å². The maximum Gasteiger partial charge on any atom is 0.471 e. The normalized spacial score (nSPS) is 12.7. The van der Waals surface area contributed by atoms with E-state index in [0.29, 0.717) is 11.1 Å². The summed E-state index contributed by atoms with van der Waals surface area (Å²) in [5.41, 5.74) is 0.970. The third-order valence-corrected chi connectivity index (χ3v) is 3.50. The number of methoxy groups -OCH3 is 1. The molecule has 0 N–H and O–H groups in total. The molecule has 1 unspecified atom stereocenters. The van der Waals surface area contributed by atoms with Gasteiger partial charge in [-0.3, -0.25) is 9.59 Å². The van der Waals surface area contributed by atoms with Crippen LogP contribution in [0.1, 0.15) is 11.5 Å². The molecule has 140 valence electrons. The average Bonchev–Trinajstić information content (AvgIpc) is 3.09. The molecule has 0 aliphatic carbocycles. The molecule has 1 amide bonds. The summed E-state index contributed by atoms with van der Waals surface area (Å²) < 4.78 is 46.7. The quantitative estimate of drug-likeness (QED) is 0.722. The van der Waals surface area contributed by atoms with E-state index in [9.17, 15) is 22.8 Å². The van der Waals surface area contributed by atoms with Crippen LogP contribution >= 0.6 is 0 Å². The van der Waals surface area contributed by atoms with Crippen LogP contribution in [-0.2, 0) is 26.9 Å². The molecule has 2 aromatic rings. The third kappa shape index (κ3) is 4.45. The van der Waals surface area contributed by atoms with Crippen molar-refractivity contribution in [3.05, 3.63) is 35.7 Å². The van der Waals surface area contributed by atoms with Gasteiger partial charge in [-0.25, -0.2) is 0 Å². The molecule has 0 saturated heterocycles. The van der Waals surface area contributed by atoms with Crippen LogP contribution in [0.2, 0.25) is 0 Å². The molecular formula is C16H16F3N3O4. The summed E-state index contributed by atoms with van der Waals surface area (Å²) in [6.07, 6.45) is -5.54. The number of ketones is 1. The van der Waals surface area contributed by atoms with Crippen molar-refractivity contribution >= 4 is 11.7 Å². The fourth-order valence-electron chi connectivity index (χ4n) is 2.10. The molecule has 0 fully saturated rings. The van der Waals surface area contributed by atoms with Crippen LogP contribution in [0, 0.1) is 0 Å². The molecule has 7 nitrogen and oxygen atoms in total. The van der Waals surface area contributed by atoms with E-state index < -0.39 is 29.9 Å². The fourth-order valence-corrected chi connectivity index (χ4v) is 2.10. The molecule has 0 aliphatic heterocycles. The molecule has 26 heavy (non-hydrogen) atoms. The molecule has 0 saturated carbocycles. The lowest BCUT2D eigenvalue weighted by molar-refractivity contribution is -0.159. The lowest BCUT2D eigenvalue weighted by atomic mass is 10.0. The minimum atomic E-state index is -4.71. The number of hydrogen-bond acceptors (Lipinski definition) is 6. The van der Waals surface area contributed by atoms with Crippen LogP contribution in [0.15, 0.2) is 28.8 Å². The number of halogens is 3. The van der Waals surface area contributed by atoms with E-state index >= 15 is 0 Å². The number of carbonyl (C=O) groups excluding carboxylic acids is 2. The standard InChI is InChI=1S/C16H16F3N3O4/c1-22(2)14(24)12(23)11(25-3)8-9-4-6-10(7-5-9)13-20-15(26-21-13)16(17,18)19/h4-7,11H,8H2,1-3H3. The zero-order valence-electron chi connectivity index (χ0n) is 14.2. The number of benzene rings is 1. The van der Waals surface area contributed by atoms with Crippen LogP contribution in [0.4, 0.5) is 13.2 Å². The van der Waals surface area contributed by atoms with Crippen LogP contribution in [-0.4, -0.2) is 54.0 Å². The molecule has 0 bridgehead atoms. The predicted octanol–water partition coefficient (Wildman–Crippen LogP) is 1.97. The number of rotatable bonds is 6. The Labute approximate surface area is 146 Å². The maximum absolute atomic E-state index is 12.5. The Morgan fingerprint density at radius 2 is 1.85 bits per heavy atom. The Morgan fingerprint density at radius 1 is 1.23 bits per heavy atom. The van der Waals surface area contributed by atoms with Crippen molar-refractivity contribution in [2.45, 2.75) is 18.7 Å². The van der Waals surface area contributed by atoms with Crippen molar-refractivity contribution in [1.82, 2.24) is 15.0 Å². The first-order chi connectivity index (χ1) is 12.1. The van der Waals surface area contributed by atoms with Gasteiger partial charge in [0.1, 0.15) is 6.10 Å². The van der Waals surface area contributed by atoms with Gasteiger partial charge >= 0.3 is 12.1 Å². The van der Waals surface area contributed by atoms with Crippen molar-refractivity contribution in [3.63, 3.8) is 0 Å². The van der Waals surface area contributed by atoms with Gasteiger partial charge in [-0.2, -0.15) is 18.2 Å².